The summed E-state index contributed by atoms with van der Waals surface area (Å²) < 4.78 is 0. The Bertz CT molecular complexity index is 275. The van der Waals surface area contributed by atoms with Crippen LogP contribution in [0.5, 0.6) is 0 Å². The van der Waals surface area contributed by atoms with Crippen molar-refractivity contribution < 1.29 is 14.8 Å². The van der Waals surface area contributed by atoms with Gasteiger partial charge in [0, 0.05) is 12.6 Å². The summed E-state index contributed by atoms with van der Waals surface area (Å²) in [4.78, 5) is 13.8. The Morgan fingerprint density at radius 3 is 2.56 bits per heavy atom. The molecule has 2 rings (SSSR count). The molecule has 2 aliphatic rings. The number of carbonyl (C=O) groups excluding carboxylic acids is 1. The Kier molecular flexibility index (Phi) is 3.52. The van der Waals surface area contributed by atoms with Crippen molar-refractivity contribution in [2.45, 2.75) is 44.1 Å². The Morgan fingerprint density at radius 1 is 1.25 bits per heavy atom. The van der Waals surface area contributed by atoms with Crippen molar-refractivity contribution in [1.29, 1.82) is 0 Å². The number of nitrogens with two attached hydrogens (primary N) is 1. The summed E-state index contributed by atoms with van der Waals surface area (Å²) in [6.45, 7) is 0.629. The van der Waals surface area contributed by atoms with E-state index in [1.165, 1.54) is 0 Å². The van der Waals surface area contributed by atoms with Crippen molar-refractivity contribution in [3.05, 3.63) is 0 Å². The third-order valence-corrected chi connectivity index (χ3v) is 3.81. The molecule has 0 aromatic heterocycles. The fraction of sp³-hybridized carbons (Fsp3) is 0.900. The third kappa shape index (κ3) is 2.10. The van der Waals surface area contributed by atoms with Gasteiger partial charge in [-0.3, -0.25) is 4.79 Å². The van der Waals surface area contributed by atoms with Crippen molar-refractivity contribution in [2.75, 3.05) is 6.54 Å². The lowest BCUT2D eigenvalue weighted by Crippen LogP contribution is -2.49. The first-order valence-corrected chi connectivity index (χ1v) is 6.03. The monoisotopic (exact) mass is 226 g/mol. The van der Waals surface area contributed by atoms with Crippen LogP contribution < -0.4 is 5.73 Å². The normalized spacial score (nSPS) is 34.4. The van der Waals surface area contributed by atoms with E-state index in [1.807, 2.05) is 0 Å². The van der Waals surface area contributed by atoms with Gasteiger partial charge in [0.25, 0.3) is 0 Å². The van der Waals surface area contributed by atoms with Gasteiger partial charge in [-0.25, -0.2) is 0 Å². The fourth-order valence-electron chi connectivity index (χ4n) is 2.88. The number of carbonyl (C=O) groups is 1. The van der Waals surface area contributed by atoms with Gasteiger partial charge in [0.1, 0.15) is 0 Å². The van der Waals surface area contributed by atoms with Crippen LogP contribution in [0.15, 0.2) is 0 Å². The second-order valence-electron chi connectivity index (χ2n) is 4.86. The van der Waals surface area contributed by atoms with E-state index >= 15 is 0 Å². The SMILES string of the molecule is N[C@@H]1CCC[C@H]1C(=O)N1CCC[C@H]1B(O)O. The maximum absolute atomic E-state index is 12.2. The van der Waals surface area contributed by atoms with Crippen LogP contribution in [0, 0.1) is 5.92 Å². The zero-order chi connectivity index (χ0) is 11.7. The van der Waals surface area contributed by atoms with Crippen LogP contribution >= 0.6 is 0 Å². The van der Waals surface area contributed by atoms with Gasteiger partial charge in [-0.15, -0.1) is 0 Å². The van der Waals surface area contributed by atoms with Crippen molar-refractivity contribution in [2.24, 2.45) is 11.7 Å². The lowest BCUT2D eigenvalue weighted by atomic mass is 9.77. The fourth-order valence-corrected chi connectivity index (χ4v) is 2.88. The molecule has 1 amide bonds. The van der Waals surface area contributed by atoms with Crippen LogP contribution in [0.1, 0.15) is 32.1 Å². The van der Waals surface area contributed by atoms with Crippen LogP contribution in [-0.4, -0.2) is 46.5 Å². The molecule has 0 radical (unpaired) electrons. The number of rotatable bonds is 2. The predicted molar refractivity (Wildman–Crippen MR) is 60.2 cm³/mol. The van der Waals surface area contributed by atoms with Gasteiger partial charge in [-0.2, -0.15) is 0 Å². The molecule has 0 aromatic carbocycles. The Labute approximate surface area is 95.8 Å². The molecule has 1 heterocycles. The molecule has 5 nitrogen and oxygen atoms in total. The van der Waals surface area contributed by atoms with Gasteiger partial charge in [0.05, 0.1) is 11.9 Å². The molecular formula is C10H19BN2O3. The first kappa shape index (κ1) is 11.9. The second-order valence-corrected chi connectivity index (χ2v) is 4.86. The minimum absolute atomic E-state index is 0.0144. The molecule has 16 heavy (non-hydrogen) atoms. The van der Waals surface area contributed by atoms with E-state index in [4.69, 9.17) is 5.73 Å². The molecule has 0 unspecified atom stereocenters. The van der Waals surface area contributed by atoms with E-state index in [2.05, 4.69) is 0 Å². The minimum Gasteiger partial charge on any atom is -0.426 e. The molecule has 3 atom stereocenters. The van der Waals surface area contributed by atoms with Crippen LogP contribution in [0.4, 0.5) is 0 Å². The van der Waals surface area contributed by atoms with E-state index in [9.17, 15) is 14.8 Å². The highest BCUT2D eigenvalue weighted by atomic mass is 16.4. The van der Waals surface area contributed by atoms with E-state index in [0.29, 0.717) is 13.0 Å². The molecule has 4 N–H and O–H groups in total. The molecule has 90 valence electrons. The van der Waals surface area contributed by atoms with Crippen LogP contribution in [0.3, 0.4) is 0 Å². The summed E-state index contributed by atoms with van der Waals surface area (Å²) in [6.07, 6.45) is 4.25. The Hall–Kier alpha value is -0.585. The molecule has 6 heteroatoms. The van der Waals surface area contributed by atoms with E-state index in [-0.39, 0.29) is 17.9 Å². The lowest BCUT2D eigenvalue weighted by molar-refractivity contribution is -0.135. The number of nitrogens with zero attached hydrogens (tertiary/aromatic N) is 1. The maximum Gasteiger partial charge on any atom is 0.475 e. The van der Waals surface area contributed by atoms with Crippen molar-refractivity contribution in [3.8, 4) is 0 Å². The molecule has 1 aliphatic carbocycles. The van der Waals surface area contributed by atoms with Crippen molar-refractivity contribution >= 4 is 13.0 Å². The second kappa shape index (κ2) is 4.73. The van der Waals surface area contributed by atoms with Gasteiger partial charge in [-0.1, -0.05) is 6.42 Å². The first-order chi connectivity index (χ1) is 7.61. The molecule has 2 fully saturated rings. The number of hydrogen-bond acceptors (Lipinski definition) is 4. The van der Waals surface area contributed by atoms with Gasteiger partial charge >= 0.3 is 7.12 Å². The predicted octanol–water partition coefficient (Wildman–Crippen LogP) is -0.883. The summed E-state index contributed by atoms with van der Waals surface area (Å²) in [6, 6.07) is -0.0513. The van der Waals surface area contributed by atoms with Gasteiger partial charge < -0.3 is 20.7 Å². The van der Waals surface area contributed by atoms with Gasteiger partial charge in [0.2, 0.25) is 5.91 Å². The number of hydrogen-bond donors (Lipinski definition) is 3. The van der Waals surface area contributed by atoms with Gasteiger partial charge in [0.15, 0.2) is 0 Å². The van der Waals surface area contributed by atoms with E-state index in [0.717, 1.165) is 25.7 Å². The molecule has 1 saturated carbocycles. The topological polar surface area (TPSA) is 86.8 Å². The first-order valence-electron chi connectivity index (χ1n) is 6.03. The quantitative estimate of drug-likeness (QED) is 0.533. The van der Waals surface area contributed by atoms with E-state index in [1.54, 1.807) is 4.90 Å². The minimum atomic E-state index is -1.43. The van der Waals surface area contributed by atoms with E-state index < -0.39 is 13.1 Å². The summed E-state index contributed by atoms with van der Waals surface area (Å²) in [5.74, 6) is -0.528. The van der Waals surface area contributed by atoms with Crippen LogP contribution in [-0.2, 0) is 4.79 Å². The molecule has 0 spiro atoms. The van der Waals surface area contributed by atoms with Crippen LogP contribution in [0.25, 0.3) is 0 Å². The average Bonchev–Trinajstić information content (AvgIpc) is 2.84. The highest BCUT2D eigenvalue weighted by Gasteiger charge is 2.41. The summed E-state index contributed by atoms with van der Waals surface area (Å²) in [5, 5.41) is 18.4. The Morgan fingerprint density at radius 2 is 2.00 bits per heavy atom. The number of likely N-dealkylation sites (tertiary alicyclic amines) is 1. The zero-order valence-corrected chi connectivity index (χ0v) is 9.38. The molecule has 1 aliphatic heterocycles. The Balaban J connectivity index is 2.03. The highest BCUT2D eigenvalue weighted by molar-refractivity contribution is 6.43. The maximum atomic E-state index is 12.2. The summed E-state index contributed by atoms with van der Waals surface area (Å²) in [7, 11) is -1.43. The highest BCUT2D eigenvalue weighted by Crippen LogP contribution is 2.29. The average molecular weight is 226 g/mol. The third-order valence-electron chi connectivity index (χ3n) is 3.81. The molecule has 1 saturated heterocycles. The molecule has 0 bridgehead atoms. The lowest BCUT2D eigenvalue weighted by Gasteiger charge is -2.28. The summed E-state index contributed by atoms with van der Waals surface area (Å²) >= 11 is 0. The largest absolute Gasteiger partial charge is 0.475 e. The van der Waals surface area contributed by atoms with Gasteiger partial charge in [-0.05, 0) is 25.7 Å². The van der Waals surface area contributed by atoms with Crippen LogP contribution in [0.2, 0.25) is 0 Å². The molecule has 0 aromatic rings. The summed E-state index contributed by atoms with van der Waals surface area (Å²) in [5.41, 5.74) is 5.90. The standard InChI is InChI=1S/C10H19BN2O3/c12-8-4-1-3-7(8)10(14)13-6-2-5-9(13)11(15)16/h7-9,15-16H,1-6,12H2/t7-,8-,9+/m1/s1. The molecular weight excluding hydrogens is 207 g/mol. The number of amides is 1. The smallest absolute Gasteiger partial charge is 0.426 e. The van der Waals surface area contributed by atoms with Crippen molar-refractivity contribution in [1.82, 2.24) is 4.90 Å². The van der Waals surface area contributed by atoms with Crippen molar-refractivity contribution in [3.63, 3.8) is 0 Å². The zero-order valence-electron chi connectivity index (χ0n) is 9.38.